The first-order chi connectivity index (χ1) is 9.55. The molecule has 4 fully saturated rings. The summed E-state index contributed by atoms with van der Waals surface area (Å²) in [6.45, 7) is 0. The Morgan fingerprint density at radius 3 is 1.67 bits per heavy atom. The third-order valence-electron chi connectivity index (χ3n) is 5.60. The van der Waals surface area contributed by atoms with Crippen molar-refractivity contribution in [3.05, 3.63) is 0 Å². The second-order valence-corrected chi connectivity index (χ2v) is 8.66. The lowest BCUT2D eigenvalue weighted by Crippen LogP contribution is -2.63. The molecule has 0 aromatic heterocycles. The van der Waals surface area contributed by atoms with E-state index in [0.717, 1.165) is 19.3 Å². The largest absolute Gasteiger partial charge is 0.432 e. The number of hydrogen-bond donors (Lipinski definition) is 0. The normalized spacial score (nSPS) is 39.8. The van der Waals surface area contributed by atoms with Crippen LogP contribution in [0.1, 0.15) is 38.5 Å². The molecule has 4 rings (SSSR count). The summed E-state index contributed by atoms with van der Waals surface area (Å²) in [6, 6.07) is 0. The quantitative estimate of drug-likeness (QED) is 0.586. The molecule has 0 aliphatic heterocycles. The Balaban J connectivity index is 2.02. The van der Waals surface area contributed by atoms with Crippen LogP contribution < -0.4 is 0 Å². The molecule has 4 saturated carbocycles. The van der Waals surface area contributed by atoms with Crippen LogP contribution in [0.4, 0.5) is 17.6 Å². The standard InChI is InChI=1S/C13H18F4O3S/c1-20-21(18,19)13(16,17)12(14,15)11-5-8-2-9(6-11)4-10(3-8)7-11/h8-10H,2-7H2,1H3. The topological polar surface area (TPSA) is 43.4 Å². The van der Waals surface area contributed by atoms with E-state index in [2.05, 4.69) is 4.18 Å². The predicted molar refractivity (Wildman–Crippen MR) is 66.4 cm³/mol. The van der Waals surface area contributed by atoms with Gasteiger partial charge < -0.3 is 0 Å². The molecule has 0 aromatic rings. The van der Waals surface area contributed by atoms with E-state index in [9.17, 15) is 26.0 Å². The lowest BCUT2D eigenvalue weighted by molar-refractivity contribution is -0.273. The SMILES string of the molecule is COS(=O)(=O)C(F)(F)C(F)(F)C12CC3CC(CC(C3)C1)C2. The first kappa shape index (κ1) is 15.5. The molecular formula is C13H18F4O3S. The van der Waals surface area contributed by atoms with E-state index in [1.54, 1.807) is 0 Å². The third-order valence-corrected chi connectivity index (χ3v) is 6.93. The lowest BCUT2D eigenvalue weighted by atomic mass is 9.48. The van der Waals surface area contributed by atoms with Crippen LogP contribution in [0.25, 0.3) is 0 Å². The van der Waals surface area contributed by atoms with Gasteiger partial charge in [-0.3, -0.25) is 4.18 Å². The third kappa shape index (κ3) is 1.90. The zero-order chi connectivity index (χ0) is 15.7. The van der Waals surface area contributed by atoms with Crippen LogP contribution in [0.3, 0.4) is 0 Å². The molecule has 4 aliphatic carbocycles. The van der Waals surface area contributed by atoms with Gasteiger partial charge in [0.05, 0.1) is 7.11 Å². The van der Waals surface area contributed by atoms with Crippen LogP contribution in [0.2, 0.25) is 0 Å². The van der Waals surface area contributed by atoms with Gasteiger partial charge in [0, 0.05) is 5.41 Å². The summed E-state index contributed by atoms with van der Waals surface area (Å²) in [5.74, 6) is -4.56. The van der Waals surface area contributed by atoms with E-state index in [4.69, 9.17) is 0 Å². The summed E-state index contributed by atoms with van der Waals surface area (Å²) >= 11 is 0. The Kier molecular flexibility index (Phi) is 3.21. The van der Waals surface area contributed by atoms with Gasteiger partial charge in [-0.25, -0.2) is 0 Å². The maximum absolute atomic E-state index is 14.6. The first-order valence-electron chi connectivity index (χ1n) is 7.10. The molecule has 0 amide bonds. The van der Waals surface area contributed by atoms with Crippen LogP contribution in [0.15, 0.2) is 0 Å². The molecule has 0 saturated heterocycles. The average molecular weight is 330 g/mol. The molecular weight excluding hydrogens is 312 g/mol. The maximum atomic E-state index is 14.6. The molecule has 0 spiro atoms. The maximum Gasteiger partial charge on any atom is 0.432 e. The van der Waals surface area contributed by atoms with Crippen molar-refractivity contribution >= 4 is 10.1 Å². The summed E-state index contributed by atoms with van der Waals surface area (Å²) < 4.78 is 83.6. The van der Waals surface area contributed by atoms with Crippen molar-refractivity contribution in [1.82, 2.24) is 0 Å². The zero-order valence-corrected chi connectivity index (χ0v) is 12.4. The molecule has 0 radical (unpaired) electrons. The van der Waals surface area contributed by atoms with Gasteiger partial charge in [0.1, 0.15) is 0 Å². The second-order valence-electron chi connectivity index (χ2n) is 6.91. The molecule has 0 N–H and O–H groups in total. The first-order valence-corrected chi connectivity index (χ1v) is 8.51. The van der Waals surface area contributed by atoms with Gasteiger partial charge in [0.15, 0.2) is 0 Å². The fourth-order valence-corrected chi connectivity index (χ4v) is 5.81. The van der Waals surface area contributed by atoms with Crippen molar-refractivity contribution in [2.45, 2.75) is 49.7 Å². The lowest BCUT2D eigenvalue weighted by Gasteiger charge is -2.59. The number of hydrogen-bond acceptors (Lipinski definition) is 3. The summed E-state index contributed by atoms with van der Waals surface area (Å²) in [5.41, 5.74) is -1.91. The van der Waals surface area contributed by atoms with Crippen molar-refractivity contribution in [3.63, 3.8) is 0 Å². The van der Waals surface area contributed by atoms with Crippen LogP contribution in [-0.2, 0) is 14.3 Å². The number of alkyl halides is 4. The van der Waals surface area contributed by atoms with Crippen LogP contribution in [0, 0.1) is 23.2 Å². The average Bonchev–Trinajstić information content (AvgIpc) is 2.36. The van der Waals surface area contributed by atoms with E-state index in [0.29, 0.717) is 7.11 Å². The van der Waals surface area contributed by atoms with Crippen molar-refractivity contribution in [2.24, 2.45) is 23.2 Å². The molecule has 0 unspecified atom stereocenters. The summed E-state index contributed by atoms with van der Waals surface area (Å²) in [4.78, 5) is 0. The molecule has 0 heterocycles. The minimum absolute atomic E-state index is 0.0121. The van der Waals surface area contributed by atoms with Crippen LogP contribution >= 0.6 is 0 Å². The number of halogens is 4. The summed E-state index contributed by atoms with van der Waals surface area (Å²) in [5, 5.41) is -5.19. The van der Waals surface area contributed by atoms with E-state index in [1.807, 2.05) is 0 Å². The molecule has 4 bridgehead atoms. The van der Waals surface area contributed by atoms with Crippen molar-refractivity contribution in [3.8, 4) is 0 Å². The Morgan fingerprint density at radius 2 is 1.33 bits per heavy atom. The van der Waals surface area contributed by atoms with Crippen molar-refractivity contribution < 1.29 is 30.2 Å². The summed E-state index contributed by atoms with van der Waals surface area (Å²) in [6.07, 6.45) is 2.37. The summed E-state index contributed by atoms with van der Waals surface area (Å²) in [7, 11) is -5.15. The molecule has 0 atom stereocenters. The fourth-order valence-electron chi connectivity index (χ4n) is 5.07. The molecule has 0 aromatic carbocycles. The van der Waals surface area contributed by atoms with Gasteiger partial charge in [-0.2, -0.15) is 26.0 Å². The van der Waals surface area contributed by atoms with Gasteiger partial charge in [-0.1, -0.05) is 0 Å². The van der Waals surface area contributed by atoms with Crippen LogP contribution in [0.5, 0.6) is 0 Å². The van der Waals surface area contributed by atoms with E-state index in [1.165, 1.54) is 0 Å². The van der Waals surface area contributed by atoms with Crippen molar-refractivity contribution in [1.29, 1.82) is 0 Å². The van der Waals surface area contributed by atoms with E-state index < -0.39 is 26.7 Å². The Labute approximate surface area is 121 Å². The minimum atomic E-state index is -5.63. The minimum Gasteiger partial charge on any atom is -0.269 e. The molecule has 4 aliphatic rings. The molecule has 21 heavy (non-hydrogen) atoms. The van der Waals surface area contributed by atoms with Gasteiger partial charge in [-0.05, 0) is 56.3 Å². The smallest absolute Gasteiger partial charge is 0.269 e. The molecule has 3 nitrogen and oxygen atoms in total. The Hall–Kier alpha value is -0.370. The van der Waals surface area contributed by atoms with Crippen molar-refractivity contribution in [2.75, 3.05) is 7.11 Å². The molecule has 122 valence electrons. The van der Waals surface area contributed by atoms with Crippen LogP contribution in [-0.4, -0.2) is 26.7 Å². The van der Waals surface area contributed by atoms with E-state index in [-0.39, 0.29) is 37.0 Å². The zero-order valence-electron chi connectivity index (χ0n) is 11.6. The predicted octanol–water partition coefficient (Wildman–Crippen LogP) is 3.41. The highest BCUT2D eigenvalue weighted by atomic mass is 32.2. The highest BCUT2D eigenvalue weighted by Crippen LogP contribution is 2.68. The van der Waals surface area contributed by atoms with Gasteiger partial charge in [0.2, 0.25) is 0 Å². The fraction of sp³-hybridized carbons (Fsp3) is 1.00. The Morgan fingerprint density at radius 1 is 0.952 bits per heavy atom. The highest BCUT2D eigenvalue weighted by molar-refractivity contribution is 7.87. The monoisotopic (exact) mass is 330 g/mol. The van der Waals surface area contributed by atoms with E-state index >= 15 is 0 Å². The van der Waals surface area contributed by atoms with Gasteiger partial charge in [0.25, 0.3) is 0 Å². The molecule has 8 heteroatoms. The second kappa shape index (κ2) is 4.34. The number of rotatable bonds is 4. The Bertz CT molecular complexity index is 508. The highest BCUT2D eigenvalue weighted by Gasteiger charge is 2.77. The van der Waals surface area contributed by atoms with Gasteiger partial charge in [-0.15, -0.1) is 0 Å². The van der Waals surface area contributed by atoms with Gasteiger partial charge >= 0.3 is 21.3 Å².